The summed E-state index contributed by atoms with van der Waals surface area (Å²) in [7, 11) is 0. The van der Waals surface area contributed by atoms with E-state index in [0.717, 1.165) is 5.56 Å². The predicted molar refractivity (Wildman–Crippen MR) is 145 cm³/mol. The van der Waals surface area contributed by atoms with Gasteiger partial charge in [-0.1, -0.05) is 12.1 Å². The molecule has 1 saturated carbocycles. The lowest BCUT2D eigenvalue weighted by Crippen LogP contribution is -2.38. The third kappa shape index (κ3) is 4.70. The number of hydrogen-bond donors (Lipinski definition) is 3. The van der Waals surface area contributed by atoms with Gasteiger partial charge < -0.3 is 30.5 Å². The number of likely N-dealkylation sites (tertiary alicyclic amines) is 1. The molecule has 4 N–H and O–H groups in total. The van der Waals surface area contributed by atoms with E-state index < -0.39 is 18.5 Å². The number of nitrogens with zero attached hydrogens (tertiary/aromatic N) is 4. The normalized spacial score (nSPS) is 18.6. The van der Waals surface area contributed by atoms with Crippen LogP contribution >= 0.6 is 0 Å². The van der Waals surface area contributed by atoms with Crippen molar-refractivity contribution < 1.29 is 28.9 Å². The van der Waals surface area contributed by atoms with Crippen molar-refractivity contribution in [1.82, 2.24) is 14.9 Å². The number of halogens is 1. The number of rotatable bonds is 7. The van der Waals surface area contributed by atoms with Crippen molar-refractivity contribution in [3.8, 4) is 17.0 Å². The molecule has 6 rings (SSSR count). The molecule has 3 heterocycles. The van der Waals surface area contributed by atoms with Crippen molar-refractivity contribution in [1.29, 1.82) is 0 Å². The molecule has 208 valence electrons. The Morgan fingerprint density at radius 1 is 1.12 bits per heavy atom. The molecule has 10 nitrogen and oxygen atoms in total. The highest BCUT2D eigenvalue weighted by molar-refractivity contribution is 6.09. The van der Waals surface area contributed by atoms with E-state index in [0.29, 0.717) is 49.4 Å². The van der Waals surface area contributed by atoms with Gasteiger partial charge >= 0.3 is 6.09 Å². The minimum Gasteiger partial charge on any atom is -0.485 e. The number of ether oxygens (including phenoxy) is 1. The first-order valence-electron chi connectivity index (χ1n) is 13.5. The molecule has 0 bridgehead atoms. The zero-order chi connectivity index (χ0) is 28.0. The van der Waals surface area contributed by atoms with Crippen molar-refractivity contribution in [2.24, 2.45) is 0 Å². The average molecular weight is 548 g/mol. The van der Waals surface area contributed by atoms with E-state index in [1.54, 1.807) is 0 Å². The molecule has 1 atom stereocenters. The number of aromatic nitrogens is 2. The zero-order valence-corrected chi connectivity index (χ0v) is 21.8. The lowest BCUT2D eigenvalue weighted by Gasteiger charge is -2.31. The molecule has 1 aliphatic carbocycles. The SMILES string of the molecule is Nc1ncnc(-c2cc(F)cc(N3CCc4cc(C5CC5)ccc4C3=O)c2CO)c1OCC1CCCN1C(=O)O. The number of amides is 2. The van der Waals surface area contributed by atoms with Crippen LogP contribution in [0, 0.1) is 5.82 Å². The molecule has 40 heavy (non-hydrogen) atoms. The molecular weight excluding hydrogens is 517 g/mol. The minimum absolute atomic E-state index is 0.00554. The summed E-state index contributed by atoms with van der Waals surface area (Å²) in [6.45, 7) is 0.254. The summed E-state index contributed by atoms with van der Waals surface area (Å²) in [6.07, 6.45) is 4.46. The van der Waals surface area contributed by atoms with E-state index in [1.807, 2.05) is 12.1 Å². The number of nitrogen functional groups attached to an aromatic ring is 1. The van der Waals surface area contributed by atoms with Gasteiger partial charge in [0, 0.05) is 29.8 Å². The van der Waals surface area contributed by atoms with E-state index in [9.17, 15) is 19.8 Å². The Morgan fingerprint density at radius 3 is 2.70 bits per heavy atom. The highest BCUT2D eigenvalue weighted by Crippen LogP contribution is 2.42. The molecule has 0 radical (unpaired) electrons. The summed E-state index contributed by atoms with van der Waals surface area (Å²) in [5.74, 6) is -0.255. The molecule has 2 aromatic carbocycles. The van der Waals surface area contributed by atoms with Crippen LogP contribution in [0.3, 0.4) is 0 Å². The van der Waals surface area contributed by atoms with Gasteiger partial charge in [-0.15, -0.1) is 0 Å². The highest BCUT2D eigenvalue weighted by Gasteiger charge is 2.33. The Labute approximate surface area is 230 Å². The third-order valence-corrected chi connectivity index (χ3v) is 8.03. The van der Waals surface area contributed by atoms with Gasteiger partial charge in [-0.3, -0.25) is 4.79 Å². The van der Waals surface area contributed by atoms with Crippen LogP contribution in [0.1, 0.15) is 58.6 Å². The monoisotopic (exact) mass is 547 g/mol. The van der Waals surface area contributed by atoms with Crippen molar-refractivity contribution in [3.05, 3.63) is 64.7 Å². The summed E-state index contributed by atoms with van der Waals surface area (Å²) in [6, 6.07) is 8.02. The predicted octanol–water partition coefficient (Wildman–Crippen LogP) is 3.96. The molecule has 3 aromatic rings. The molecule has 0 spiro atoms. The van der Waals surface area contributed by atoms with Gasteiger partial charge in [0.25, 0.3) is 5.91 Å². The van der Waals surface area contributed by atoms with Crippen LogP contribution < -0.4 is 15.4 Å². The number of nitrogens with two attached hydrogens (primary N) is 1. The van der Waals surface area contributed by atoms with Crippen molar-refractivity contribution in [2.75, 3.05) is 30.3 Å². The van der Waals surface area contributed by atoms with Crippen molar-refractivity contribution in [2.45, 2.75) is 50.7 Å². The van der Waals surface area contributed by atoms with Gasteiger partial charge in [-0.2, -0.15) is 0 Å². The van der Waals surface area contributed by atoms with E-state index in [2.05, 4.69) is 16.0 Å². The lowest BCUT2D eigenvalue weighted by molar-refractivity contribution is 0.0980. The minimum atomic E-state index is -1.03. The smallest absolute Gasteiger partial charge is 0.407 e. The second-order valence-corrected chi connectivity index (χ2v) is 10.5. The maximum atomic E-state index is 15.2. The number of carbonyl (C=O) groups excluding carboxylic acids is 1. The van der Waals surface area contributed by atoms with Gasteiger partial charge in [0.1, 0.15) is 24.4 Å². The number of carboxylic acid groups (broad SMARTS) is 1. The maximum absolute atomic E-state index is 15.2. The van der Waals surface area contributed by atoms with Crippen molar-refractivity contribution >= 4 is 23.5 Å². The maximum Gasteiger partial charge on any atom is 0.407 e. The Kier molecular flexibility index (Phi) is 6.75. The van der Waals surface area contributed by atoms with Gasteiger partial charge in [0.05, 0.1) is 18.3 Å². The zero-order valence-electron chi connectivity index (χ0n) is 21.8. The molecule has 1 saturated heterocycles. The van der Waals surface area contributed by atoms with Gasteiger partial charge in [0.15, 0.2) is 11.6 Å². The number of benzene rings is 2. The number of fused-ring (bicyclic) bond motifs is 1. The summed E-state index contributed by atoms with van der Waals surface area (Å²) < 4.78 is 21.1. The Hall–Kier alpha value is -4.25. The quantitative estimate of drug-likeness (QED) is 0.404. The standard InChI is InChI=1S/C29H30FN5O5/c30-19-11-22(25-26(27(31)33-15-32-25)40-14-20-2-1-8-34(20)29(38)39)23(13-36)24(12-19)35-9-7-18-10-17(16-3-4-16)5-6-21(18)28(35)37/h5-6,10-12,15-16,20,36H,1-4,7-9,13-14H2,(H,38,39)(H2,31,32,33). The van der Waals surface area contributed by atoms with E-state index in [1.165, 1.54) is 46.7 Å². The topological polar surface area (TPSA) is 142 Å². The van der Waals surface area contributed by atoms with Crippen LogP contribution in [0.25, 0.3) is 11.3 Å². The van der Waals surface area contributed by atoms with Crippen LogP contribution in [-0.4, -0.2) is 62.8 Å². The van der Waals surface area contributed by atoms with Gasteiger partial charge in [-0.05, 0) is 67.3 Å². The molecule has 2 aliphatic heterocycles. The first kappa shape index (κ1) is 26.0. The number of aliphatic hydroxyl groups is 1. The Bertz CT molecular complexity index is 1490. The lowest BCUT2D eigenvalue weighted by atomic mass is 9.93. The molecule has 1 unspecified atom stereocenters. The summed E-state index contributed by atoms with van der Waals surface area (Å²) in [4.78, 5) is 36.3. The fraction of sp³-hybridized carbons (Fsp3) is 0.379. The van der Waals surface area contributed by atoms with Crippen LogP contribution in [0.4, 0.5) is 20.7 Å². The molecular formula is C29H30FN5O5. The number of aliphatic hydroxyl groups excluding tert-OH is 1. The summed E-state index contributed by atoms with van der Waals surface area (Å²) in [5, 5.41) is 19.9. The third-order valence-electron chi connectivity index (χ3n) is 8.03. The first-order valence-corrected chi connectivity index (χ1v) is 13.5. The molecule has 11 heteroatoms. The van der Waals surface area contributed by atoms with E-state index in [-0.39, 0.29) is 47.1 Å². The van der Waals surface area contributed by atoms with Crippen LogP contribution in [0.15, 0.2) is 36.7 Å². The van der Waals surface area contributed by atoms with Gasteiger partial charge in [-0.25, -0.2) is 19.2 Å². The average Bonchev–Trinajstić information content (AvgIpc) is 3.69. The molecule has 1 aromatic heterocycles. The fourth-order valence-corrected chi connectivity index (χ4v) is 5.81. The van der Waals surface area contributed by atoms with Crippen LogP contribution in [-0.2, 0) is 13.0 Å². The number of hydrogen-bond acceptors (Lipinski definition) is 7. The second kappa shape index (κ2) is 10.4. The fourth-order valence-electron chi connectivity index (χ4n) is 5.81. The van der Waals surface area contributed by atoms with E-state index >= 15 is 4.39 Å². The van der Waals surface area contributed by atoms with E-state index in [4.69, 9.17) is 10.5 Å². The number of anilines is 2. The molecule has 3 aliphatic rings. The van der Waals surface area contributed by atoms with Gasteiger partial charge in [0.2, 0.25) is 0 Å². The van der Waals surface area contributed by atoms with Crippen molar-refractivity contribution in [3.63, 3.8) is 0 Å². The Morgan fingerprint density at radius 2 is 1.95 bits per heavy atom. The van der Waals surface area contributed by atoms with Crippen LogP contribution in [0.2, 0.25) is 0 Å². The number of carbonyl (C=O) groups is 2. The summed E-state index contributed by atoms with van der Waals surface area (Å²) >= 11 is 0. The largest absolute Gasteiger partial charge is 0.485 e. The Balaban J connectivity index is 1.35. The molecule has 2 fully saturated rings. The highest BCUT2D eigenvalue weighted by atomic mass is 19.1. The summed E-state index contributed by atoms with van der Waals surface area (Å²) in [5.41, 5.74) is 9.84. The second-order valence-electron chi connectivity index (χ2n) is 10.5. The van der Waals surface area contributed by atoms with Crippen LogP contribution in [0.5, 0.6) is 5.75 Å². The first-order chi connectivity index (χ1) is 19.4. The molecule has 2 amide bonds.